The molecule has 0 atom stereocenters. The van der Waals surface area contributed by atoms with Gasteiger partial charge in [-0.25, -0.2) is 13.6 Å². The van der Waals surface area contributed by atoms with E-state index in [2.05, 4.69) is 6.58 Å². The third kappa shape index (κ3) is 4.82. The molecule has 1 amide bonds. The van der Waals surface area contributed by atoms with Gasteiger partial charge in [-0.1, -0.05) is 48.6 Å². The van der Waals surface area contributed by atoms with Crippen LogP contribution >= 0.6 is 0 Å². The first-order valence-corrected chi connectivity index (χ1v) is 9.68. The van der Waals surface area contributed by atoms with Crippen molar-refractivity contribution in [2.24, 2.45) is 0 Å². The van der Waals surface area contributed by atoms with Gasteiger partial charge >= 0.3 is 6.09 Å². The van der Waals surface area contributed by atoms with E-state index in [0.29, 0.717) is 18.7 Å². The SMILES string of the molecule is C=CCOC(=O)N1CCC(C)=C(c2ccc(CC(=O)c3c(F)cccc3F)cc2)C1. The summed E-state index contributed by atoms with van der Waals surface area (Å²) in [5.74, 6) is -2.33. The number of nitrogens with zero attached hydrogens (tertiary/aromatic N) is 1. The van der Waals surface area contributed by atoms with Crippen molar-refractivity contribution in [2.45, 2.75) is 19.8 Å². The summed E-state index contributed by atoms with van der Waals surface area (Å²) in [6, 6.07) is 10.6. The second-order valence-corrected chi connectivity index (χ2v) is 7.19. The van der Waals surface area contributed by atoms with Crippen LogP contribution in [0.3, 0.4) is 0 Å². The predicted molar refractivity (Wildman–Crippen MR) is 111 cm³/mol. The van der Waals surface area contributed by atoms with Gasteiger partial charge < -0.3 is 9.64 Å². The molecule has 0 spiro atoms. The molecule has 1 heterocycles. The van der Waals surface area contributed by atoms with Gasteiger partial charge in [0.2, 0.25) is 0 Å². The number of carbonyl (C=O) groups excluding carboxylic acids is 2. The zero-order valence-electron chi connectivity index (χ0n) is 16.8. The molecule has 1 aliphatic heterocycles. The molecule has 30 heavy (non-hydrogen) atoms. The lowest BCUT2D eigenvalue weighted by molar-refractivity contribution is 0.0984. The van der Waals surface area contributed by atoms with Crippen molar-refractivity contribution in [3.63, 3.8) is 0 Å². The average molecular weight is 411 g/mol. The Kier molecular flexibility index (Phi) is 6.77. The zero-order valence-corrected chi connectivity index (χ0v) is 16.8. The van der Waals surface area contributed by atoms with E-state index < -0.39 is 23.0 Å². The van der Waals surface area contributed by atoms with Gasteiger partial charge in [0.05, 0.1) is 5.56 Å². The average Bonchev–Trinajstić information content (AvgIpc) is 2.73. The van der Waals surface area contributed by atoms with E-state index in [-0.39, 0.29) is 19.1 Å². The van der Waals surface area contributed by atoms with Gasteiger partial charge in [-0.2, -0.15) is 0 Å². The van der Waals surface area contributed by atoms with E-state index in [1.807, 2.05) is 19.1 Å². The molecule has 2 aromatic carbocycles. The second kappa shape index (κ2) is 9.48. The summed E-state index contributed by atoms with van der Waals surface area (Å²) in [7, 11) is 0. The minimum absolute atomic E-state index is 0.101. The summed E-state index contributed by atoms with van der Waals surface area (Å²) >= 11 is 0. The number of rotatable bonds is 6. The van der Waals surface area contributed by atoms with Crippen LogP contribution in [0.5, 0.6) is 0 Å². The molecule has 0 unspecified atom stereocenters. The van der Waals surface area contributed by atoms with Crippen molar-refractivity contribution in [1.29, 1.82) is 0 Å². The monoisotopic (exact) mass is 411 g/mol. The molecule has 6 heteroatoms. The number of halogens is 2. The van der Waals surface area contributed by atoms with Gasteiger partial charge in [0, 0.05) is 19.5 Å². The van der Waals surface area contributed by atoms with Gasteiger partial charge in [-0.3, -0.25) is 4.79 Å². The zero-order chi connectivity index (χ0) is 21.7. The number of carbonyl (C=O) groups is 2. The van der Waals surface area contributed by atoms with Gasteiger partial charge in [0.15, 0.2) is 5.78 Å². The lowest BCUT2D eigenvalue weighted by Crippen LogP contribution is -2.36. The van der Waals surface area contributed by atoms with Gasteiger partial charge in [0.25, 0.3) is 0 Å². The van der Waals surface area contributed by atoms with Crippen LogP contribution < -0.4 is 0 Å². The van der Waals surface area contributed by atoms with E-state index in [9.17, 15) is 18.4 Å². The molecular formula is C24H23F2NO3. The van der Waals surface area contributed by atoms with Gasteiger partial charge in [0.1, 0.15) is 18.2 Å². The van der Waals surface area contributed by atoms with Gasteiger partial charge in [-0.15, -0.1) is 0 Å². The molecule has 0 saturated heterocycles. The van der Waals surface area contributed by atoms with Crippen LogP contribution in [-0.4, -0.2) is 36.5 Å². The van der Waals surface area contributed by atoms with Crippen LogP contribution in [0.15, 0.2) is 60.7 Å². The molecule has 156 valence electrons. The fourth-order valence-corrected chi connectivity index (χ4v) is 3.44. The molecule has 3 rings (SSSR count). The summed E-state index contributed by atoms with van der Waals surface area (Å²) in [5, 5.41) is 0. The Morgan fingerprint density at radius 3 is 2.43 bits per heavy atom. The first kappa shape index (κ1) is 21.4. The Balaban J connectivity index is 1.72. The summed E-state index contributed by atoms with van der Waals surface area (Å²) in [6.07, 6.45) is 1.78. The largest absolute Gasteiger partial charge is 0.445 e. The number of Topliss-reactive ketones (excluding diaryl/α,β-unsaturated/α-hetero) is 1. The first-order chi connectivity index (χ1) is 14.4. The van der Waals surface area contributed by atoms with Crippen molar-refractivity contribution in [2.75, 3.05) is 19.7 Å². The highest BCUT2D eigenvalue weighted by Crippen LogP contribution is 2.27. The molecule has 0 bridgehead atoms. The maximum atomic E-state index is 13.8. The fourth-order valence-electron chi connectivity index (χ4n) is 3.44. The standard InChI is InChI=1S/C24H23F2NO3/c1-3-13-30-24(29)27-12-11-16(2)19(15-27)18-9-7-17(8-10-18)14-22(28)23-20(25)5-4-6-21(23)26/h3-10H,1,11-15H2,2H3. The molecule has 1 aliphatic rings. The minimum Gasteiger partial charge on any atom is -0.445 e. The Hall–Kier alpha value is -3.28. The minimum atomic E-state index is -0.858. The van der Waals surface area contributed by atoms with Crippen molar-refractivity contribution in [3.05, 3.63) is 89.0 Å². The third-order valence-electron chi connectivity index (χ3n) is 5.11. The molecule has 0 radical (unpaired) electrons. The molecule has 0 fully saturated rings. The second-order valence-electron chi connectivity index (χ2n) is 7.19. The maximum Gasteiger partial charge on any atom is 0.410 e. The molecule has 2 aromatic rings. The highest BCUT2D eigenvalue weighted by atomic mass is 19.1. The van der Waals surface area contributed by atoms with Crippen LogP contribution in [0, 0.1) is 11.6 Å². The molecule has 0 aromatic heterocycles. The molecule has 0 aliphatic carbocycles. The van der Waals surface area contributed by atoms with Gasteiger partial charge in [-0.05, 0) is 42.2 Å². The normalized spacial score (nSPS) is 13.9. The number of ketones is 1. The number of hydrogen-bond acceptors (Lipinski definition) is 3. The fraction of sp³-hybridized carbons (Fsp3) is 0.250. The highest BCUT2D eigenvalue weighted by molar-refractivity contribution is 5.98. The smallest absolute Gasteiger partial charge is 0.410 e. The molecule has 0 N–H and O–H groups in total. The quantitative estimate of drug-likeness (QED) is 0.485. The Bertz CT molecular complexity index is 976. The third-order valence-corrected chi connectivity index (χ3v) is 5.11. The van der Waals surface area contributed by atoms with Crippen LogP contribution in [0.25, 0.3) is 5.57 Å². The summed E-state index contributed by atoms with van der Waals surface area (Å²) in [4.78, 5) is 26.1. The van der Waals surface area contributed by atoms with E-state index in [0.717, 1.165) is 29.7 Å². The molecular weight excluding hydrogens is 388 g/mol. The van der Waals surface area contributed by atoms with E-state index in [1.54, 1.807) is 17.0 Å². The van der Waals surface area contributed by atoms with Crippen molar-refractivity contribution in [3.8, 4) is 0 Å². The van der Waals surface area contributed by atoms with Crippen molar-refractivity contribution < 1.29 is 23.1 Å². The lowest BCUT2D eigenvalue weighted by Gasteiger charge is -2.29. The first-order valence-electron chi connectivity index (χ1n) is 9.68. The van der Waals surface area contributed by atoms with Crippen LogP contribution in [0.2, 0.25) is 0 Å². The molecule has 0 saturated carbocycles. The lowest BCUT2D eigenvalue weighted by atomic mass is 9.93. The topological polar surface area (TPSA) is 46.6 Å². The van der Waals surface area contributed by atoms with Crippen LogP contribution in [0.1, 0.15) is 34.8 Å². The van der Waals surface area contributed by atoms with E-state index in [4.69, 9.17) is 4.74 Å². The number of ether oxygens (including phenoxy) is 1. The van der Waals surface area contributed by atoms with Crippen LogP contribution in [0.4, 0.5) is 13.6 Å². The number of amides is 1. The summed E-state index contributed by atoms with van der Waals surface area (Å²) in [5.41, 5.74) is 3.28. The Labute approximate surface area is 174 Å². The number of hydrogen-bond donors (Lipinski definition) is 0. The Morgan fingerprint density at radius 1 is 1.13 bits per heavy atom. The Morgan fingerprint density at radius 2 is 1.80 bits per heavy atom. The maximum absolute atomic E-state index is 13.8. The predicted octanol–water partition coefficient (Wildman–Crippen LogP) is 5.19. The van der Waals surface area contributed by atoms with E-state index in [1.165, 1.54) is 17.7 Å². The summed E-state index contributed by atoms with van der Waals surface area (Å²) < 4.78 is 32.8. The number of benzene rings is 2. The molecule has 4 nitrogen and oxygen atoms in total. The summed E-state index contributed by atoms with van der Waals surface area (Å²) in [6.45, 7) is 6.75. The van der Waals surface area contributed by atoms with Crippen LogP contribution in [-0.2, 0) is 11.2 Å². The van der Waals surface area contributed by atoms with Crippen molar-refractivity contribution in [1.82, 2.24) is 4.90 Å². The van der Waals surface area contributed by atoms with Crippen molar-refractivity contribution >= 4 is 17.4 Å². The highest BCUT2D eigenvalue weighted by Gasteiger charge is 2.23. The van der Waals surface area contributed by atoms with E-state index >= 15 is 0 Å².